The van der Waals surface area contributed by atoms with Crippen molar-refractivity contribution in [2.45, 2.75) is 6.92 Å². The Balaban J connectivity index is 1.93. The van der Waals surface area contributed by atoms with Crippen molar-refractivity contribution in [2.75, 3.05) is 26.9 Å². The van der Waals surface area contributed by atoms with Crippen LogP contribution in [0, 0.1) is 0 Å². The average molecular weight is 358 g/mol. The second-order valence-electron chi connectivity index (χ2n) is 4.91. The van der Waals surface area contributed by atoms with Crippen molar-refractivity contribution in [3.8, 4) is 17.6 Å². The molecule has 26 heavy (non-hydrogen) atoms. The van der Waals surface area contributed by atoms with Gasteiger partial charge in [0.2, 0.25) is 5.88 Å². The largest absolute Gasteiger partial charge is 0.478 e. The summed E-state index contributed by atoms with van der Waals surface area (Å²) in [5.41, 5.74) is 0.924. The van der Waals surface area contributed by atoms with E-state index < -0.39 is 0 Å². The standard InChI is InChI=1S/C17H18N4O5/c1-3-23-14-8-9-18-17(19-14)26-13-7-5-4-6-12(13)15(20-22-2)16-21-25-11-10-24-16/h4-9H,3,10-11H2,1-2H3/b20-15-. The van der Waals surface area contributed by atoms with Gasteiger partial charge in [-0.1, -0.05) is 17.3 Å². The Labute approximate surface area is 150 Å². The number of benzene rings is 1. The normalized spacial score (nSPS) is 13.9. The number of para-hydroxylation sites is 1. The Kier molecular flexibility index (Phi) is 5.81. The molecule has 0 saturated heterocycles. The molecular formula is C17H18N4O5. The lowest BCUT2D eigenvalue weighted by atomic mass is 10.1. The third kappa shape index (κ3) is 4.18. The number of hydrogen-bond acceptors (Lipinski definition) is 9. The van der Waals surface area contributed by atoms with Gasteiger partial charge in [0.1, 0.15) is 19.5 Å². The monoisotopic (exact) mass is 358 g/mol. The highest BCUT2D eigenvalue weighted by atomic mass is 16.7. The highest BCUT2D eigenvalue weighted by Gasteiger charge is 2.22. The van der Waals surface area contributed by atoms with Gasteiger partial charge in [-0.15, -0.1) is 0 Å². The zero-order valence-electron chi connectivity index (χ0n) is 14.4. The first kappa shape index (κ1) is 17.5. The van der Waals surface area contributed by atoms with Gasteiger partial charge in [-0.2, -0.15) is 4.98 Å². The number of oxime groups is 2. The van der Waals surface area contributed by atoms with E-state index in [0.717, 1.165) is 0 Å². The van der Waals surface area contributed by atoms with Crippen LogP contribution in [0.4, 0.5) is 0 Å². The summed E-state index contributed by atoms with van der Waals surface area (Å²) in [4.78, 5) is 18.3. The topological polar surface area (TPSA) is 96.7 Å². The van der Waals surface area contributed by atoms with Crippen LogP contribution in [0.1, 0.15) is 12.5 Å². The molecule has 1 aromatic heterocycles. The Bertz CT molecular complexity index is 809. The summed E-state index contributed by atoms with van der Waals surface area (Å²) in [6, 6.07) is 8.98. The van der Waals surface area contributed by atoms with Gasteiger partial charge < -0.3 is 23.9 Å². The van der Waals surface area contributed by atoms with Crippen molar-refractivity contribution in [1.82, 2.24) is 9.97 Å². The van der Waals surface area contributed by atoms with E-state index in [9.17, 15) is 0 Å². The van der Waals surface area contributed by atoms with E-state index in [0.29, 0.717) is 42.7 Å². The maximum absolute atomic E-state index is 5.82. The Morgan fingerprint density at radius 2 is 2.12 bits per heavy atom. The van der Waals surface area contributed by atoms with Crippen LogP contribution >= 0.6 is 0 Å². The Morgan fingerprint density at radius 3 is 2.88 bits per heavy atom. The van der Waals surface area contributed by atoms with Crippen molar-refractivity contribution < 1.29 is 23.9 Å². The molecule has 0 radical (unpaired) electrons. The third-order valence-corrected chi connectivity index (χ3v) is 3.19. The lowest BCUT2D eigenvalue weighted by Crippen LogP contribution is -2.25. The average Bonchev–Trinajstić information content (AvgIpc) is 2.68. The molecule has 136 valence electrons. The molecular weight excluding hydrogens is 340 g/mol. The Hall–Kier alpha value is -3.36. The van der Waals surface area contributed by atoms with Crippen molar-refractivity contribution in [3.63, 3.8) is 0 Å². The van der Waals surface area contributed by atoms with Gasteiger partial charge in [-0.3, -0.25) is 0 Å². The van der Waals surface area contributed by atoms with Gasteiger partial charge in [0, 0.05) is 12.3 Å². The maximum Gasteiger partial charge on any atom is 0.325 e. The molecule has 1 aliphatic heterocycles. The van der Waals surface area contributed by atoms with Crippen LogP contribution in [-0.2, 0) is 14.4 Å². The fourth-order valence-electron chi connectivity index (χ4n) is 2.16. The summed E-state index contributed by atoms with van der Waals surface area (Å²) in [7, 11) is 1.43. The predicted molar refractivity (Wildman–Crippen MR) is 92.6 cm³/mol. The third-order valence-electron chi connectivity index (χ3n) is 3.19. The van der Waals surface area contributed by atoms with Crippen LogP contribution in [-0.4, -0.2) is 48.5 Å². The molecule has 9 nitrogen and oxygen atoms in total. The zero-order valence-corrected chi connectivity index (χ0v) is 14.4. The van der Waals surface area contributed by atoms with E-state index in [1.807, 2.05) is 19.1 Å². The van der Waals surface area contributed by atoms with E-state index in [1.54, 1.807) is 24.4 Å². The molecule has 0 spiro atoms. The fourth-order valence-corrected chi connectivity index (χ4v) is 2.16. The minimum Gasteiger partial charge on any atom is -0.478 e. The number of ether oxygens (including phenoxy) is 3. The molecule has 1 aromatic carbocycles. The molecule has 0 amide bonds. The SMILES string of the molecule is CCOc1ccnc(Oc2ccccc2/C(=N/OC)C2=NOCCO2)n1. The van der Waals surface area contributed by atoms with Crippen LogP contribution in [0.15, 0.2) is 46.8 Å². The minimum atomic E-state index is 0.142. The van der Waals surface area contributed by atoms with Crippen LogP contribution in [0.5, 0.6) is 17.6 Å². The second kappa shape index (κ2) is 8.65. The van der Waals surface area contributed by atoms with Gasteiger partial charge in [-0.25, -0.2) is 4.98 Å². The summed E-state index contributed by atoms with van der Waals surface area (Å²) in [6.07, 6.45) is 1.56. The van der Waals surface area contributed by atoms with E-state index in [1.165, 1.54) is 7.11 Å². The highest BCUT2D eigenvalue weighted by Crippen LogP contribution is 2.25. The summed E-state index contributed by atoms with van der Waals surface area (Å²) in [6.45, 7) is 3.11. The van der Waals surface area contributed by atoms with E-state index in [-0.39, 0.29) is 11.9 Å². The first-order valence-corrected chi connectivity index (χ1v) is 7.99. The molecule has 1 aliphatic rings. The van der Waals surface area contributed by atoms with Crippen LogP contribution in [0.3, 0.4) is 0 Å². The van der Waals surface area contributed by atoms with Crippen LogP contribution < -0.4 is 9.47 Å². The Morgan fingerprint density at radius 1 is 1.23 bits per heavy atom. The minimum absolute atomic E-state index is 0.142. The van der Waals surface area contributed by atoms with Gasteiger partial charge in [0.05, 0.1) is 12.2 Å². The molecule has 0 aliphatic carbocycles. The lowest BCUT2D eigenvalue weighted by Gasteiger charge is -2.16. The summed E-state index contributed by atoms with van der Waals surface area (Å²) in [5.74, 6) is 1.08. The van der Waals surface area contributed by atoms with Gasteiger partial charge in [0.15, 0.2) is 12.3 Å². The molecule has 0 N–H and O–H groups in total. The van der Waals surface area contributed by atoms with Gasteiger partial charge >= 0.3 is 6.01 Å². The van der Waals surface area contributed by atoms with Crippen LogP contribution in [0.25, 0.3) is 0 Å². The second-order valence-corrected chi connectivity index (χ2v) is 4.91. The van der Waals surface area contributed by atoms with E-state index >= 15 is 0 Å². The van der Waals surface area contributed by atoms with E-state index in [2.05, 4.69) is 20.3 Å². The van der Waals surface area contributed by atoms with Gasteiger partial charge in [-0.05, 0) is 24.2 Å². The zero-order chi connectivity index (χ0) is 18.2. The molecule has 9 heteroatoms. The van der Waals surface area contributed by atoms with Gasteiger partial charge in [0.25, 0.3) is 5.90 Å². The van der Waals surface area contributed by atoms with Crippen molar-refractivity contribution in [1.29, 1.82) is 0 Å². The lowest BCUT2D eigenvalue weighted by molar-refractivity contribution is 0.0672. The summed E-state index contributed by atoms with van der Waals surface area (Å²) >= 11 is 0. The molecule has 3 rings (SSSR count). The molecule has 2 aromatic rings. The first-order chi connectivity index (χ1) is 12.8. The molecule has 0 bridgehead atoms. The quantitative estimate of drug-likeness (QED) is 0.554. The first-order valence-electron chi connectivity index (χ1n) is 7.99. The van der Waals surface area contributed by atoms with Crippen molar-refractivity contribution in [3.05, 3.63) is 42.1 Å². The highest BCUT2D eigenvalue weighted by molar-refractivity contribution is 6.45. The smallest absolute Gasteiger partial charge is 0.325 e. The predicted octanol–water partition coefficient (Wildman–Crippen LogP) is 2.38. The van der Waals surface area contributed by atoms with Crippen molar-refractivity contribution >= 4 is 11.6 Å². The summed E-state index contributed by atoms with van der Waals surface area (Å²) in [5, 5.41) is 7.89. The molecule has 0 fully saturated rings. The maximum atomic E-state index is 5.82. The number of aromatic nitrogens is 2. The molecule has 2 heterocycles. The van der Waals surface area contributed by atoms with Crippen molar-refractivity contribution in [2.24, 2.45) is 10.3 Å². The molecule has 0 saturated carbocycles. The molecule has 0 atom stereocenters. The van der Waals surface area contributed by atoms with E-state index in [4.69, 9.17) is 23.9 Å². The number of rotatable bonds is 7. The molecule has 0 unspecified atom stereocenters. The van der Waals surface area contributed by atoms with Crippen LogP contribution in [0.2, 0.25) is 0 Å². The number of hydrogen-bond donors (Lipinski definition) is 0. The number of nitrogens with zero attached hydrogens (tertiary/aromatic N) is 4. The summed E-state index contributed by atoms with van der Waals surface area (Å²) < 4.78 is 16.7. The fraction of sp³-hybridized carbons (Fsp3) is 0.294.